The Morgan fingerprint density at radius 2 is 1.88 bits per heavy atom. The second-order valence-electron chi connectivity index (χ2n) is 7.86. The number of nitrogens with one attached hydrogen (secondary N) is 1. The van der Waals surface area contributed by atoms with Crippen molar-refractivity contribution in [1.29, 1.82) is 0 Å². The van der Waals surface area contributed by atoms with E-state index in [9.17, 15) is 9.59 Å². The second kappa shape index (κ2) is 11.8. The number of hydrogen-bond acceptors (Lipinski definition) is 4. The van der Waals surface area contributed by atoms with E-state index in [-0.39, 0.29) is 11.8 Å². The van der Waals surface area contributed by atoms with Gasteiger partial charge in [-0.1, -0.05) is 78.9 Å². The van der Waals surface area contributed by atoms with Gasteiger partial charge in [0.1, 0.15) is 4.32 Å². The molecule has 0 spiro atoms. The largest absolute Gasteiger partial charge is 0.326 e. The highest BCUT2D eigenvalue weighted by molar-refractivity contribution is 8.26. The molecule has 1 saturated heterocycles. The van der Waals surface area contributed by atoms with Gasteiger partial charge in [0.15, 0.2) is 0 Å². The van der Waals surface area contributed by atoms with Crippen LogP contribution in [0.5, 0.6) is 0 Å². The lowest BCUT2D eigenvalue weighted by atomic mass is 10.1. The molecular formula is C26H28N2O2S2. The quantitative estimate of drug-likeness (QED) is 0.267. The molecule has 0 aliphatic carbocycles. The van der Waals surface area contributed by atoms with Gasteiger partial charge in [0.05, 0.1) is 4.91 Å². The van der Waals surface area contributed by atoms with Gasteiger partial charge >= 0.3 is 0 Å². The molecule has 1 N–H and O–H groups in total. The zero-order valence-electron chi connectivity index (χ0n) is 18.5. The molecule has 166 valence electrons. The van der Waals surface area contributed by atoms with Crippen LogP contribution in [0.2, 0.25) is 0 Å². The van der Waals surface area contributed by atoms with E-state index in [2.05, 4.69) is 5.32 Å². The fraction of sp³-hybridized carbons (Fsp3) is 0.269. The summed E-state index contributed by atoms with van der Waals surface area (Å²) in [4.78, 5) is 27.2. The molecule has 1 fully saturated rings. The van der Waals surface area contributed by atoms with Crippen molar-refractivity contribution in [2.45, 2.75) is 39.5 Å². The maximum absolute atomic E-state index is 12.8. The summed E-state index contributed by atoms with van der Waals surface area (Å²) in [5.74, 6) is -0.0113. The lowest BCUT2D eigenvalue weighted by Crippen LogP contribution is -2.29. The number of unbranched alkanes of at least 4 members (excludes halogenated alkanes) is 2. The molecule has 1 aliphatic heterocycles. The third-order valence-corrected chi connectivity index (χ3v) is 6.39. The molecule has 0 atom stereocenters. The van der Waals surface area contributed by atoms with E-state index in [0.717, 1.165) is 41.6 Å². The maximum atomic E-state index is 12.8. The summed E-state index contributed by atoms with van der Waals surface area (Å²) >= 11 is 6.78. The van der Waals surface area contributed by atoms with E-state index in [4.69, 9.17) is 12.2 Å². The molecule has 1 heterocycles. The van der Waals surface area contributed by atoms with Crippen molar-refractivity contribution in [3.63, 3.8) is 0 Å². The van der Waals surface area contributed by atoms with E-state index in [1.807, 2.05) is 80.6 Å². The van der Waals surface area contributed by atoms with Crippen molar-refractivity contribution in [2.75, 3.05) is 11.9 Å². The molecule has 0 radical (unpaired) electrons. The van der Waals surface area contributed by atoms with Crippen LogP contribution in [0.25, 0.3) is 6.08 Å². The van der Waals surface area contributed by atoms with Crippen LogP contribution in [0.3, 0.4) is 0 Å². The third kappa shape index (κ3) is 7.18. The highest BCUT2D eigenvalue weighted by Crippen LogP contribution is 2.32. The minimum atomic E-state index is -0.0296. The zero-order valence-corrected chi connectivity index (χ0v) is 20.1. The van der Waals surface area contributed by atoms with Gasteiger partial charge in [0.2, 0.25) is 5.91 Å². The number of aryl methyl sites for hydroxylation is 1. The molecule has 32 heavy (non-hydrogen) atoms. The van der Waals surface area contributed by atoms with Crippen molar-refractivity contribution < 1.29 is 9.59 Å². The van der Waals surface area contributed by atoms with Crippen LogP contribution < -0.4 is 5.32 Å². The molecule has 0 saturated carbocycles. The SMILES string of the molecule is CC(/C=C1\SC(=S)N(CCCCCC(=O)Nc2cccc(C)c2)C1=O)=C\c1ccccc1. The number of carbonyl (C=O) groups excluding carboxylic acids is 2. The minimum absolute atomic E-state index is 0.0184. The topological polar surface area (TPSA) is 49.4 Å². The Bertz CT molecular complexity index is 1040. The Morgan fingerprint density at radius 3 is 2.62 bits per heavy atom. The van der Waals surface area contributed by atoms with E-state index in [0.29, 0.717) is 22.2 Å². The van der Waals surface area contributed by atoms with Gasteiger partial charge in [0, 0.05) is 18.7 Å². The van der Waals surface area contributed by atoms with Gasteiger partial charge in [-0.15, -0.1) is 0 Å². The first-order valence-corrected chi connectivity index (χ1v) is 12.0. The summed E-state index contributed by atoms with van der Waals surface area (Å²) in [7, 11) is 0. The molecule has 2 aromatic rings. The van der Waals surface area contributed by atoms with Crippen molar-refractivity contribution in [3.05, 3.63) is 82.3 Å². The predicted octanol–water partition coefficient (Wildman–Crippen LogP) is 6.34. The van der Waals surface area contributed by atoms with E-state index in [1.54, 1.807) is 4.90 Å². The van der Waals surface area contributed by atoms with Crippen LogP contribution in [-0.2, 0) is 9.59 Å². The van der Waals surface area contributed by atoms with Crippen LogP contribution in [-0.4, -0.2) is 27.6 Å². The predicted molar refractivity (Wildman–Crippen MR) is 138 cm³/mol. The summed E-state index contributed by atoms with van der Waals surface area (Å²) in [6.45, 7) is 4.57. The third-order valence-electron chi connectivity index (χ3n) is 5.01. The maximum Gasteiger partial charge on any atom is 0.266 e. The van der Waals surface area contributed by atoms with E-state index < -0.39 is 0 Å². The monoisotopic (exact) mass is 464 g/mol. The number of thiocarbonyl (C=S) groups is 1. The number of anilines is 1. The number of rotatable bonds is 9. The number of amides is 2. The van der Waals surface area contributed by atoms with Crippen molar-refractivity contribution >= 4 is 51.9 Å². The first-order chi connectivity index (χ1) is 15.4. The molecule has 0 bridgehead atoms. The number of thioether (sulfide) groups is 1. The molecule has 2 aromatic carbocycles. The van der Waals surface area contributed by atoms with Crippen molar-refractivity contribution in [3.8, 4) is 0 Å². The standard InChI is InChI=1S/C26H28N2O2S2/c1-19-10-9-13-22(17-19)27-24(29)14-7-4-8-15-28-25(30)23(32-26(28)31)18-20(2)16-21-11-5-3-6-12-21/h3,5-6,9-13,16-18H,4,7-8,14-15H2,1-2H3,(H,27,29)/b20-16+,23-18-. The average molecular weight is 465 g/mol. The Hall–Kier alpha value is -2.70. The molecule has 0 unspecified atom stereocenters. The normalized spacial score (nSPS) is 15.5. The van der Waals surface area contributed by atoms with Crippen LogP contribution in [0, 0.1) is 6.92 Å². The fourth-order valence-corrected chi connectivity index (χ4v) is 4.79. The molecule has 4 nitrogen and oxygen atoms in total. The first-order valence-electron chi connectivity index (χ1n) is 10.8. The summed E-state index contributed by atoms with van der Waals surface area (Å²) < 4.78 is 0.603. The number of nitrogens with zero attached hydrogens (tertiary/aromatic N) is 1. The molecule has 6 heteroatoms. The summed E-state index contributed by atoms with van der Waals surface area (Å²) in [5.41, 5.74) is 4.06. The molecule has 1 aliphatic rings. The van der Waals surface area contributed by atoms with Gasteiger partial charge in [-0.2, -0.15) is 0 Å². The number of carbonyl (C=O) groups is 2. The van der Waals surface area contributed by atoms with Crippen LogP contribution in [0.1, 0.15) is 43.7 Å². The Balaban J connectivity index is 1.42. The second-order valence-corrected chi connectivity index (χ2v) is 9.54. The van der Waals surface area contributed by atoms with Crippen LogP contribution in [0.4, 0.5) is 5.69 Å². The van der Waals surface area contributed by atoms with Crippen LogP contribution in [0.15, 0.2) is 71.2 Å². The highest BCUT2D eigenvalue weighted by atomic mass is 32.2. The Labute approximate surface area is 199 Å². The molecular weight excluding hydrogens is 436 g/mol. The van der Waals surface area contributed by atoms with E-state index in [1.165, 1.54) is 11.8 Å². The minimum Gasteiger partial charge on any atom is -0.326 e. The van der Waals surface area contributed by atoms with Gasteiger partial charge < -0.3 is 5.32 Å². The van der Waals surface area contributed by atoms with Crippen molar-refractivity contribution in [2.24, 2.45) is 0 Å². The summed E-state index contributed by atoms with van der Waals surface area (Å²) in [6, 6.07) is 17.8. The Morgan fingerprint density at radius 1 is 1.09 bits per heavy atom. The first kappa shape index (κ1) is 24.0. The lowest BCUT2D eigenvalue weighted by molar-refractivity contribution is -0.122. The molecule has 2 amide bonds. The molecule has 3 rings (SSSR count). The smallest absolute Gasteiger partial charge is 0.266 e. The van der Waals surface area contributed by atoms with Crippen molar-refractivity contribution in [1.82, 2.24) is 4.90 Å². The number of allylic oxidation sites excluding steroid dienone is 2. The zero-order chi connectivity index (χ0) is 22.9. The van der Waals surface area contributed by atoms with Gasteiger partial charge in [0.25, 0.3) is 5.91 Å². The highest BCUT2D eigenvalue weighted by Gasteiger charge is 2.31. The number of benzene rings is 2. The molecule has 0 aromatic heterocycles. The average Bonchev–Trinajstić information content (AvgIpc) is 3.01. The number of hydrogen-bond donors (Lipinski definition) is 1. The van der Waals surface area contributed by atoms with Gasteiger partial charge in [-0.3, -0.25) is 14.5 Å². The summed E-state index contributed by atoms with van der Waals surface area (Å²) in [5, 5.41) is 2.93. The lowest BCUT2D eigenvalue weighted by Gasteiger charge is -2.14. The fourth-order valence-electron chi connectivity index (χ4n) is 3.43. The van der Waals surface area contributed by atoms with Crippen LogP contribution >= 0.6 is 24.0 Å². The van der Waals surface area contributed by atoms with Gasteiger partial charge in [-0.25, -0.2) is 0 Å². The van der Waals surface area contributed by atoms with Gasteiger partial charge in [-0.05, 0) is 61.6 Å². The summed E-state index contributed by atoms with van der Waals surface area (Å²) in [6.07, 6.45) is 6.88. The Kier molecular flexibility index (Phi) is 8.82. The van der Waals surface area contributed by atoms with E-state index >= 15 is 0 Å².